The Morgan fingerprint density at radius 3 is 3.13 bits per heavy atom. The van der Waals surface area contributed by atoms with E-state index in [1.807, 2.05) is 5.38 Å². The van der Waals surface area contributed by atoms with E-state index in [1.54, 1.807) is 0 Å². The minimum Gasteiger partial charge on any atom is -0.327 e. The van der Waals surface area contributed by atoms with Crippen LogP contribution < -0.4 is 10.6 Å². The minimum absolute atomic E-state index is 0.0340. The van der Waals surface area contributed by atoms with Crippen LogP contribution in [0, 0.1) is 5.92 Å². The minimum atomic E-state index is 0.0340. The summed E-state index contributed by atoms with van der Waals surface area (Å²) in [7, 11) is 0. The molecule has 2 unspecified atom stereocenters. The first-order valence-corrected chi connectivity index (χ1v) is 6.18. The van der Waals surface area contributed by atoms with E-state index >= 15 is 0 Å². The van der Waals surface area contributed by atoms with Gasteiger partial charge in [0.05, 0.1) is 0 Å². The lowest BCUT2D eigenvalue weighted by Gasteiger charge is -2.34. The van der Waals surface area contributed by atoms with Crippen LogP contribution in [-0.4, -0.2) is 29.0 Å². The van der Waals surface area contributed by atoms with Crippen LogP contribution in [0.15, 0.2) is 10.2 Å². The summed E-state index contributed by atoms with van der Waals surface area (Å²) in [5.74, 6) is 0.545. The van der Waals surface area contributed by atoms with E-state index in [0.29, 0.717) is 12.0 Å². The zero-order valence-corrected chi connectivity index (χ0v) is 9.72. The fourth-order valence-corrected chi connectivity index (χ4v) is 2.60. The average molecular weight is 227 g/mol. The summed E-state index contributed by atoms with van der Waals surface area (Å²) < 4.78 is 0. The standard InChI is InChI=1S/C10H17N3OS/c1-7-4-13(3-2-9(7)11)5-8-6-15-10(14)12-8/h6-7,9H,2-5,11H2,1H3,(H,12,14). The van der Waals surface area contributed by atoms with Crippen LogP contribution in [0.25, 0.3) is 0 Å². The number of piperidine rings is 1. The van der Waals surface area contributed by atoms with E-state index in [9.17, 15) is 4.79 Å². The second-order valence-electron chi connectivity index (χ2n) is 4.34. The number of nitrogens with zero attached hydrogens (tertiary/aromatic N) is 1. The molecule has 0 radical (unpaired) electrons. The molecule has 2 heterocycles. The van der Waals surface area contributed by atoms with Crippen molar-refractivity contribution in [1.29, 1.82) is 0 Å². The molecule has 2 rings (SSSR count). The molecule has 84 valence electrons. The fourth-order valence-electron chi connectivity index (χ4n) is 2.03. The van der Waals surface area contributed by atoms with Crippen LogP contribution in [0.2, 0.25) is 0 Å². The van der Waals surface area contributed by atoms with Crippen LogP contribution in [0.5, 0.6) is 0 Å². The van der Waals surface area contributed by atoms with Crippen molar-refractivity contribution in [2.24, 2.45) is 11.7 Å². The summed E-state index contributed by atoms with van der Waals surface area (Å²) in [6.07, 6.45) is 1.05. The fraction of sp³-hybridized carbons (Fsp3) is 0.700. The summed E-state index contributed by atoms with van der Waals surface area (Å²) in [4.78, 5) is 16.2. The molecule has 1 saturated heterocycles. The molecule has 1 aromatic heterocycles. The number of nitrogens with one attached hydrogen (secondary N) is 1. The quantitative estimate of drug-likeness (QED) is 0.778. The molecule has 0 saturated carbocycles. The maximum Gasteiger partial charge on any atom is 0.304 e. The van der Waals surface area contributed by atoms with Crippen molar-refractivity contribution in [3.8, 4) is 0 Å². The van der Waals surface area contributed by atoms with Crippen molar-refractivity contribution in [3.05, 3.63) is 20.7 Å². The Hall–Kier alpha value is -0.650. The van der Waals surface area contributed by atoms with Gasteiger partial charge in [0.1, 0.15) is 0 Å². The Labute approximate surface area is 93.1 Å². The summed E-state index contributed by atoms with van der Waals surface area (Å²) >= 11 is 1.23. The number of nitrogens with two attached hydrogens (primary N) is 1. The normalized spacial score (nSPS) is 28.1. The van der Waals surface area contributed by atoms with Gasteiger partial charge in [-0.3, -0.25) is 9.69 Å². The summed E-state index contributed by atoms with van der Waals surface area (Å²) in [6.45, 7) is 5.09. The van der Waals surface area contributed by atoms with Gasteiger partial charge in [0.2, 0.25) is 0 Å². The molecular formula is C10H17N3OS. The van der Waals surface area contributed by atoms with Gasteiger partial charge in [-0.2, -0.15) is 0 Å². The molecule has 0 spiro atoms. The first-order valence-electron chi connectivity index (χ1n) is 5.30. The van der Waals surface area contributed by atoms with Gasteiger partial charge < -0.3 is 10.7 Å². The van der Waals surface area contributed by atoms with Crippen LogP contribution >= 0.6 is 11.3 Å². The van der Waals surface area contributed by atoms with E-state index in [4.69, 9.17) is 5.73 Å². The van der Waals surface area contributed by atoms with E-state index < -0.39 is 0 Å². The molecule has 5 heteroatoms. The topological polar surface area (TPSA) is 62.1 Å². The van der Waals surface area contributed by atoms with Crippen LogP contribution in [-0.2, 0) is 6.54 Å². The number of H-pyrrole nitrogens is 1. The van der Waals surface area contributed by atoms with Gasteiger partial charge in [0, 0.05) is 36.8 Å². The molecule has 15 heavy (non-hydrogen) atoms. The summed E-state index contributed by atoms with van der Waals surface area (Å²) in [5.41, 5.74) is 6.98. The van der Waals surface area contributed by atoms with E-state index in [1.165, 1.54) is 11.3 Å². The predicted octanol–water partition coefficient (Wildman–Crippen LogP) is 0.606. The van der Waals surface area contributed by atoms with Gasteiger partial charge >= 0.3 is 4.87 Å². The first-order chi connectivity index (χ1) is 7.15. The van der Waals surface area contributed by atoms with Gasteiger partial charge in [-0.15, -0.1) is 0 Å². The monoisotopic (exact) mass is 227 g/mol. The van der Waals surface area contributed by atoms with Gasteiger partial charge in [0.15, 0.2) is 0 Å². The molecule has 2 atom stereocenters. The van der Waals surface area contributed by atoms with Gasteiger partial charge in [-0.25, -0.2) is 0 Å². The Balaban J connectivity index is 1.93. The Kier molecular flexibility index (Phi) is 3.23. The van der Waals surface area contributed by atoms with Crippen LogP contribution in [0.1, 0.15) is 19.0 Å². The highest BCUT2D eigenvalue weighted by atomic mass is 32.1. The van der Waals surface area contributed by atoms with Crippen LogP contribution in [0.3, 0.4) is 0 Å². The summed E-state index contributed by atoms with van der Waals surface area (Å²) in [5, 5.41) is 1.90. The number of aromatic amines is 1. The SMILES string of the molecule is CC1CN(Cc2csc(=O)[nH]2)CCC1N. The average Bonchev–Trinajstić information content (AvgIpc) is 2.58. The molecule has 1 aliphatic heterocycles. The number of hydrogen-bond acceptors (Lipinski definition) is 4. The lowest BCUT2D eigenvalue weighted by atomic mass is 9.95. The first kappa shape index (κ1) is 10.9. The van der Waals surface area contributed by atoms with Gasteiger partial charge in [0.25, 0.3) is 0 Å². The third-order valence-corrected chi connectivity index (χ3v) is 3.74. The van der Waals surface area contributed by atoms with E-state index in [-0.39, 0.29) is 4.87 Å². The second-order valence-corrected chi connectivity index (χ2v) is 5.18. The largest absolute Gasteiger partial charge is 0.327 e. The molecule has 1 fully saturated rings. The zero-order valence-electron chi connectivity index (χ0n) is 8.90. The Morgan fingerprint density at radius 2 is 2.53 bits per heavy atom. The maximum absolute atomic E-state index is 11.0. The van der Waals surface area contributed by atoms with Gasteiger partial charge in [-0.05, 0) is 12.3 Å². The smallest absolute Gasteiger partial charge is 0.304 e. The highest BCUT2D eigenvalue weighted by molar-refractivity contribution is 7.07. The molecule has 1 aromatic rings. The van der Waals surface area contributed by atoms with E-state index in [2.05, 4.69) is 16.8 Å². The highest BCUT2D eigenvalue weighted by Gasteiger charge is 2.23. The number of likely N-dealkylation sites (tertiary alicyclic amines) is 1. The third kappa shape index (κ3) is 2.68. The maximum atomic E-state index is 11.0. The predicted molar refractivity (Wildman–Crippen MR) is 62.0 cm³/mol. The van der Waals surface area contributed by atoms with E-state index in [0.717, 1.165) is 31.7 Å². The number of rotatable bonds is 2. The molecule has 0 bridgehead atoms. The lowest BCUT2D eigenvalue weighted by Crippen LogP contribution is -2.45. The molecule has 4 nitrogen and oxygen atoms in total. The molecule has 3 N–H and O–H groups in total. The van der Waals surface area contributed by atoms with Crippen molar-refractivity contribution >= 4 is 11.3 Å². The number of aromatic nitrogens is 1. The van der Waals surface area contributed by atoms with Crippen molar-refractivity contribution in [3.63, 3.8) is 0 Å². The lowest BCUT2D eigenvalue weighted by molar-refractivity contribution is 0.156. The highest BCUT2D eigenvalue weighted by Crippen LogP contribution is 2.16. The molecule has 1 aliphatic rings. The summed E-state index contributed by atoms with van der Waals surface area (Å²) in [6, 6.07) is 0.336. The number of thiazole rings is 1. The third-order valence-electron chi connectivity index (χ3n) is 3.02. The van der Waals surface area contributed by atoms with Crippen molar-refractivity contribution in [2.45, 2.75) is 25.9 Å². The van der Waals surface area contributed by atoms with Crippen molar-refractivity contribution in [2.75, 3.05) is 13.1 Å². The molecule has 0 amide bonds. The molecule has 0 aliphatic carbocycles. The molecular weight excluding hydrogens is 210 g/mol. The van der Waals surface area contributed by atoms with Crippen molar-refractivity contribution < 1.29 is 0 Å². The Bertz CT molecular complexity index is 373. The Morgan fingerprint density at radius 1 is 1.73 bits per heavy atom. The molecule has 0 aromatic carbocycles. The van der Waals surface area contributed by atoms with Crippen LogP contribution in [0.4, 0.5) is 0 Å². The van der Waals surface area contributed by atoms with Crippen molar-refractivity contribution in [1.82, 2.24) is 9.88 Å². The number of hydrogen-bond donors (Lipinski definition) is 2. The zero-order chi connectivity index (χ0) is 10.8. The second kappa shape index (κ2) is 4.47. The van der Waals surface area contributed by atoms with Gasteiger partial charge in [-0.1, -0.05) is 18.3 Å².